The van der Waals surface area contributed by atoms with E-state index in [1.54, 1.807) is 24.3 Å². The Balaban J connectivity index is 1.66. The number of rotatable bonds is 6. The minimum absolute atomic E-state index is 0.0195. The SMILES string of the molecule is CN(C)c1ccc(C2/C(=C(/O)c3cccc4ccccc34)C(=O)C(=O)N2Cc2ccc(C(=O)O)cc2)cc1. The summed E-state index contributed by atoms with van der Waals surface area (Å²) in [5, 5.41) is 22.5. The number of amides is 1. The molecule has 1 atom stereocenters. The Morgan fingerprint density at radius 2 is 1.50 bits per heavy atom. The lowest BCUT2D eigenvalue weighted by Crippen LogP contribution is -2.29. The highest BCUT2D eigenvalue weighted by molar-refractivity contribution is 6.46. The number of ketones is 1. The molecule has 1 aliphatic heterocycles. The van der Waals surface area contributed by atoms with Gasteiger partial charge in [0, 0.05) is 31.9 Å². The van der Waals surface area contributed by atoms with Gasteiger partial charge in [-0.25, -0.2) is 4.79 Å². The molecule has 1 heterocycles. The average Bonchev–Trinajstić information content (AvgIpc) is 3.17. The molecule has 0 aromatic heterocycles. The van der Waals surface area contributed by atoms with Gasteiger partial charge in [0.15, 0.2) is 0 Å². The van der Waals surface area contributed by atoms with Crippen molar-refractivity contribution < 1.29 is 24.6 Å². The molecule has 1 saturated heterocycles. The number of aliphatic hydroxyl groups is 1. The molecule has 1 amide bonds. The van der Waals surface area contributed by atoms with Gasteiger partial charge < -0.3 is 20.0 Å². The van der Waals surface area contributed by atoms with Crippen molar-refractivity contribution in [1.29, 1.82) is 0 Å². The molecule has 1 aliphatic rings. The van der Waals surface area contributed by atoms with E-state index in [-0.39, 0.29) is 23.4 Å². The van der Waals surface area contributed by atoms with Crippen LogP contribution in [-0.4, -0.2) is 46.9 Å². The summed E-state index contributed by atoms with van der Waals surface area (Å²) in [7, 11) is 3.84. The van der Waals surface area contributed by atoms with Gasteiger partial charge in [0.1, 0.15) is 5.76 Å². The molecule has 4 aromatic carbocycles. The van der Waals surface area contributed by atoms with E-state index in [9.17, 15) is 24.6 Å². The number of likely N-dealkylation sites (tertiary alicyclic amines) is 1. The van der Waals surface area contributed by atoms with Crippen LogP contribution in [0.1, 0.15) is 33.1 Å². The summed E-state index contributed by atoms with van der Waals surface area (Å²) in [5.41, 5.74) is 2.91. The molecule has 4 aromatic rings. The number of nitrogens with zero attached hydrogens (tertiary/aromatic N) is 2. The summed E-state index contributed by atoms with van der Waals surface area (Å²) in [6.45, 7) is 0.0664. The van der Waals surface area contributed by atoms with Crippen molar-refractivity contribution in [3.05, 3.63) is 119 Å². The van der Waals surface area contributed by atoms with Crippen molar-refractivity contribution in [2.24, 2.45) is 0 Å². The second kappa shape index (κ2) is 9.86. The zero-order valence-electron chi connectivity index (χ0n) is 21.0. The van der Waals surface area contributed by atoms with E-state index in [1.165, 1.54) is 17.0 Å². The molecule has 190 valence electrons. The van der Waals surface area contributed by atoms with Gasteiger partial charge in [-0.1, -0.05) is 66.7 Å². The smallest absolute Gasteiger partial charge is 0.335 e. The van der Waals surface area contributed by atoms with E-state index in [4.69, 9.17) is 0 Å². The van der Waals surface area contributed by atoms with Crippen LogP contribution >= 0.6 is 0 Å². The minimum Gasteiger partial charge on any atom is -0.507 e. The average molecular weight is 507 g/mol. The van der Waals surface area contributed by atoms with Crippen molar-refractivity contribution in [1.82, 2.24) is 4.90 Å². The predicted molar refractivity (Wildman–Crippen MR) is 146 cm³/mol. The number of aliphatic hydroxyl groups excluding tert-OH is 1. The quantitative estimate of drug-likeness (QED) is 0.211. The standard InChI is InChI=1S/C31H26N2O5/c1-32(2)23-16-14-21(15-17-23)27-26(28(34)25-9-5-7-20-6-3-4-8-24(20)25)29(35)30(36)33(27)18-19-10-12-22(13-11-19)31(37)38/h3-17,27,34H,18H2,1-2H3,(H,37,38)/b28-26-. The number of carboxylic acids is 1. The van der Waals surface area contributed by atoms with Gasteiger partial charge in [-0.3, -0.25) is 9.59 Å². The molecule has 7 nitrogen and oxygen atoms in total. The Morgan fingerprint density at radius 1 is 0.842 bits per heavy atom. The maximum absolute atomic E-state index is 13.5. The van der Waals surface area contributed by atoms with Gasteiger partial charge in [0.05, 0.1) is 17.2 Å². The summed E-state index contributed by atoms with van der Waals surface area (Å²) in [6, 6.07) is 25.8. The van der Waals surface area contributed by atoms with E-state index in [0.717, 1.165) is 16.5 Å². The largest absolute Gasteiger partial charge is 0.507 e. The predicted octanol–water partition coefficient (Wildman–Crippen LogP) is 5.23. The van der Waals surface area contributed by atoms with Gasteiger partial charge in [0.2, 0.25) is 0 Å². The number of carboxylic acid groups (broad SMARTS) is 1. The maximum atomic E-state index is 13.5. The molecule has 0 bridgehead atoms. The van der Waals surface area contributed by atoms with Crippen LogP contribution in [0.2, 0.25) is 0 Å². The van der Waals surface area contributed by atoms with Gasteiger partial charge >= 0.3 is 5.97 Å². The van der Waals surface area contributed by atoms with Crippen LogP contribution in [0.25, 0.3) is 16.5 Å². The first-order valence-electron chi connectivity index (χ1n) is 12.1. The number of fused-ring (bicyclic) bond motifs is 1. The first kappa shape index (κ1) is 24.8. The Bertz CT molecular complexity index is 1580. The first-order chi connectivity index (χ1) is 18.3. The Morgan fingerprint density at radius 3 is 2.16 bits per heavy atom. The lowest BCUT2D eigenvalue weighted by atomic mass is 9.93. The van der Waals surface area contributed by atoms with E-state index < -0.39 is 23.7 Å². The number of carbonyl (C=O) groups excluding carboxylic acids is 2. The second-order valence-electron chi connectivity index (χ2n) is 9.44. The highest BCUT2D eigenvalue weighted by Crippen LogP contribution is 2.41. The fourth-order valence-corrected chi connectivity index (χ4v) is 4.87. The Labute approximate surface area is 219 Å². The van der Waals surface area contributed by atoms with Crippen molar-refractivity contribution >= 4 is 39.9 Å². The van der Waals surface area contributed by atoms with Gasteiger partial charge in [-0.05, 0) is 46.2 Å². The summed E-state index contributed by atoms with van der Waals surface area (Å²) >= 11 is 0. The normalized spacial score (nSPS) is 16.7. The lowest BCUT2D eigenvalue weighted by Gasteiger charge is -2.26. The van der Waals surface area contributed by atoms with Crippen LogP contribution in [-0.2, 0) is 16.1 Å². The molecule has 5 rings (SSSR count). The summed E-state index contributed by atoms with van der Waals surface area (Å²) in [5.74, 6) is -2.77. The number of anilines is 1. The van der Waals surface area contributed by atoms with E-state index in [2.05, 4.69) is 0 Å². The zero-order chi connectivity index (χ0) is 27.0. The Kier molecular flexibility index (Phi) is 6.43. The summed E-state index contributed by atoms with van der Waals surface area (Å²) in [4.78, 5) is 41.5. The zero-order valence-corrected chi connectivity index (χ0v) is 21.0. The number of Topliss-reactive ketones (excluding diaryl/α,β-unsaturated/α-hetero) is 1. The molecule has 2 N–H and O–H groups in total. The van der Waals surface area contributed by atoms with Gasteiger partial charge in [0.25, 0.3) is 11.7 Å². The molecule has 1 fully saturated rings. The molecule has 0 saturated carbocycles. The van der Waals surface area contributed by atoms with Crippen LogP contribution in [0, 0.1) is 0 Å². The molecule has 38 heavy (non-hydrogen) atoms. The molecular weight excluding hydrogens is 480 g/mol. The van der Waals surface area contributed by atoms with Crippen LogP contribution in [0.15, 0.2) is 96.6 Å². The van der Waals surface area contributed by atoms with Crippen molar-refractivity contribution in [2.75, 3.05) is 19.0 Å². The molecule has 1 unspecified atom stereocenters. The Hall–Kier alpha value is -4.91. The van der Waals surface area contributed by atoms with Crippen LogP contribution in [0.5, 0.6) is 0 Å². The van der Waals surface area contributed by atoms with Crippen LogP contribution < -0.4 is 4.90 Å². The molecule has 0 radical (unpaired) electrons. The van der Waals surface area contributed by atoms with E-state index in [0.29, 0.717) is 16.7 Å². The van der Waals surface area contributed by atoms with Gasteiger partial charge in [-0.15, -0.1) is 0 Å². The molecule has 7 heteroatoms. The molecule has 0 aliphatic carbocycles. The first-order valence-corrected chi connectivity index (χ1v) is 12.1. The van der Waals surface area contributed by atoms with E-state index in [1.807, 2.05) is 73.6 Å². The number of aromatic carboxylic acids is 1. The minimum atomic E-state index is -1.05. The van der Waals surface area contributed by atoms with Gasteiger partial charge in [-0.2, -0.15) is 0 Å². The third-order valence-electron chi connectivity index (χ3n) is 6.86. The summed E-state index contributed by atoms with van der Waals surface area (Å²) in [6.07, 6.45) is 0. The lowest BCUT2D eigenvalue weighted by molar-refractivity contribution is -0.140. The second-order valence-corrected chi connectivity index (χ2v) is 9.44. The monoisotopic (exact) mass is 506 g/mol. The van der Waals surface area contributed by atoms with Crippen LogP contribution in [0.3, 0.4) is 0 Å². The third-order valence-corrected chi connectivity index (χ3v) is 6.86. The fourth-order valence-electron chi connectivity index (χ4n) is 4.87. The van der Waals surface area contributed by atoms with E-state index >= 15 is 0 Å². The fraction of sp³-hybridized carbons (Fsp3) is 0.129. The van der Waals surface area contributed by atoms with Crippen LogP contribution in [0.4, 0.5) is 5.69 Å². The topological polar surface area (TPSA) is 98.2 Å². The summed E-state index contributed by atoms with van der Waals surface area (Å²) < 4.78 is 0. The number of hydrogen-bond donors (Lipinski definition) is 2. The number of benzene rings is 4. The van der Waals surface area contributed by atoms with Crippen molar-refractivity contribution in [2.45, 2.75) is 12.6 Å². The number of hydrogen-bond acceptors (Lipinski definition) is 5. The van der Waals surface area contributed by atoms with Crippen molar-refractivity contribution in [3.63, 3.8) is 0 Å². The number of carbonyl (C=O) groups is 3. The van der Waals surface area contributed by atoms with Crippen molar-refractivity contribution in [3.8, 4) is 0 Å². The molecular formula is C31H26N2O5. The maximum Gasteiger partial charge on any atom is 0.335 e. The third kappa shape index (κ3) is 4.39. The highest BCUT2D eigenvalue weighted by atomic mass is 16.4. The highest BCUT2D eigenvalue weighted by Gasteiger charge is 2.46. The molecule has 0 spiro atoms.